The Morgan fingerprint density at radius 2 is 0.659 bits per heavy atom. The van der Waals surface area contributed by atoms with Crippen LogP contribution >= 0.6 is 0 Å². The molecule has 0 aliphatic carbocycles. The first-order chi connectivity index (χ1) is 21.8. The van der Waals surface area contributed by atoms with Gasteiger partial charge in [-0.2, -0.15) is 0 Å². The molecule has 1 N–H and O–H groups in total. The summed E-state index contributed by atoms with van der Waals surface area (Å²) in [7, 11) is 0. The quantitative estimate of drug-likeness (QED) is 0.199. The van der Waals surface area contributed by atoms with Crippen molar-refractivity contribution in [2.75, 3.05) is 5.32 Å². The lowest BCUT2D eigenvalue weighted by atomic mass is 9.62. The van der Waals surface area contributed by atoms with Crippen LogP contribution in [0, 0.1) is 0 Å². The monoisotopic (exact) mass is 561 g/mol. The van der Waals surface area contributed by atoms with Gasteiger partial charge in [0.05, 0.1) is 5.41 Å². The number of nitrogens with one attached hydrogen (secondary N) is 1. The van der Waals surface area contributed by atoms with Crippen molar-refractivity contribution in [3.05, 3.63) is 204 Å². The summed E-state index contributed by atoms with van der Waals surface area (Å²) in [4.78, 5) is 0. The van der Waals surface area contributed by atoms with Crippen LogP contribution in [-0.2, 0) is 5.41 Å². The Bertz CT molecular complexity index is 2040. The number of benzene rings is 8. The maximum atomic E-state index is 3.59. The van der Waals surface area contributed by atoms with Gasteiger partial charge in [0.15, 0.2) is 0 Å². The van der Waals surface area contributed by atoms with E-state index in [1.165, 1.54) is 54.6 Å². The molecule has 0 amide bonds. The number of rotatable bonds is 6. The second kappa shape index (κ2) is 10.9. The molecule has 0 radical (unpaired) electrons. The molecule has 8 rings (SSSR count). The lowest BCUT2D eigenvalue weighted by molar-refractivity contribution is 0.768. The van der Waals surface area contributed by atoms with E-state index in [0.29, 0.717) is 0 Å². The average Bonchev–Trinajstić information content (AvgIpc) is 3.10. The zero-order valence-electron chi connectivity index (χ0n) is 24.3. The van der Waals surface area contributed by atoms with E-state index in [1.807, 2.05) is 6.07 Å². The topological polar surface area (TPSA) is 12.0 Å². The number of hydrogen-bond acceptors (Lipinski definition) is 1. The summed E-state index contributed by atoms with van der Waals surface area (Å²) in [5, 5.41) is 11.0. The summed E-state index contributed by atoms with van der Waals surface area (Å²) >= 11 is 0. The molecule has 0 atom stereocenters. The molecule has 1 heteroatoms. The molecular weight excluding hydrogens is 530 g/mol. The summed E-state index contributed by atoms with van der Waals surface area (Å²) in [6, 6.07) is 66.2. The standard InChI is InChI=1S/C43H31N/c1-2-19-35(20-3-1)44-36-29-27-34(28-30-36)43(40-24-10-16-31-13-4-7-21-37(31)40,41-25-11-17-32-14-5-8-22-38(32)41)42-26-12-18-33-15-6-9-23-39(33)42/h1-30,44H. The summed E-state index contributed by atoms with van der Waals surface area (Å²) in [5.74, 6) is 0. The fraction of sp³-hybridized carbons (Fsp3) is 0.0233. The van der Waals surface area contributed by atoms with Gasteiger partial charge in [0.1, 0.15) is 0 Å². The van der Waals surface area contributed by atoms with Gasteiger partial charge in [0.2, 0.25) is 0 Å². The van der Waals surface area contributed by atoms with Gasteiger partial charge in [-0.05, 0) is 78.8 Å². The van der Waals surface area contributed by atoms with Crippen LogP contribution in [0.25, 0.3) is 32.3 Å². The first kappa shape index (κ1) is 26.0. The summed E-state index contributed by atoms with van der Waals surface area (Å²) in [6.07, 6.45) is 0. The van der Waals surface area contributed by atoms with Crippen LogP contribution in [0.4, 0.5) is 11.4 Å². The van der Waals surface area contributed by atoms with Crippen LogP contribution < -0.4 is 5.32 Å². The highest BCUT2D eigenvalue weighted by atomic mass is 14.9. The van der Waals surface area contributed by atoms with Crippen LogP contribution in [0.5, 0.6) is 0 Å². The van der Waals surface area contributed by atoms with Crippen LogP contribution in [0.15, 0.2) is 182 Å². The van der Waals surface area contributed by atoms with Crippen molar-refractivity contribution in [3.8, 4) is 0 Å². The van der Waals surface area contributed by atoms with E-state index in [2.05, 4.69) is 181 Å². The van der Waals surface area contributed by atoms with E-state index in [0.717, 1.165) is 11.4 Å². The van der Waals surface area contributed by atoms with Crippen molar-refractivity contribution in [2.45, 2.75) is 5.41 Å². The highest BCUT2D eigenvalue weighted by Crippen LogP contribution is 2.51. The molecule has 8 aromatic rings. The number of para-hydroxylation sites is 1. The molecule has 0 fully saturated rings. The fourth-order valence-corrected chi connectivity index (χ4v) is 7.05. The molecule has 8 aromatic carbocycles. The predicted molar refractivity (Wildman–Crippen MR) is 187 cm³/mol. The van der Waals surface area contributed by atoms with Crippen molar-refractivity contribution in [3.63, 3.8) is 0 Å². The first-order valence-corrected chi connectivity index (χ1v) is 15.2. The Morgan fingerprint density at radius 1 is 0.295 bits per heavy atom. The van der Waals surface area contributed by atoms with Gasteiger partial charge >= 0.3 is 0 Å². The third-order valence-corrected chi connectivity index (χ3v) is 8.96. The molecule has 0 aliphatic rings. The van der Waals surface area contributed by atoms with Crippen molar-refractivity contribution >= 4 is 43.7 Å². The highest BCUT2D eigenvalue weighted by Gasteiger charge is 2.41. The normalized spacial score (nSPS) is 11.6. The van der Waals surface area contributed by atoms with Gasteiger partial charge in [-0.1, -0.05) is 158 Å². The lowest BCUT2D eigenvalue weighted by Gasteiger charge is -2.39. The molecule has 1 nitrogen and oxygen atoms in total. The van der Waals surface area contributed by atoms with E-state index >= 15 is 0 Å². The van der Waals surface area contributed by atoms with Gasteiger partial charge in [0, 0.05) is 11.4 Å². The fourth-order valence-electron chi connectivity index (χ4n) is 7.05. The van der Waals surface area contributed by atoms with Crippen molar-refractivity contribution < 1.29 is 0 Å². The van der Waals surface area contributed by atoms with Crippen molar-refractivity contribution in [2.24, 2.45) is 0 Å². The van der Waals surface area contributed by atoms with Crippen LogP contribution in [0.3, 0.4) is 0 Å². The summed E-state index contributed by atoms with van der Waals surface area (Å²) < 4.78 is 0. The van der Waals surface area contributed by atoms with Crippen LogP contribution in [0.2, 0.25) is 0 Å². The molecule has 0 saturated heterocycles. The molecule has 0 heterocycles. The molecule has 0 spiro atoms. The maximum Gasteiger partial charge on any atom is 0.0719 e. The van der Waals surface area contributed by atoms with Gasteiger partial charge in [0.25, 0.3) is 0 Å². The van der Waals surface area contributed by atoms with Gasteiger partial charge in [-0.15, -0.1) is 0 Å². The predicted octanol–water partition coefficient (Wildman–Crippen LogP) is 11.3. The Balaban J connectivity index is 1.52. The number of anilines is 2. The van der Waals surface area contributed by atoms with Gasteiger partial charge in [-0.25, -0.2) is 0 Å². The minimum absolute atomic E-state index is 0.617. The van der Waals surface area contributed by atoms with E-state index in [4.69, 9.17) is 0 Å². The van der Waals surface area contributed by atoms with E-state index < -0.39 is 5.41 Å². The average molecular weight is 562 g/mol. The lowest BCUT2D eigenvalue weighted by Crippen LogP contribution is -2.32. The van der Waals surface area contributed by atoms with Crippen LogP contribution in [0.1, 0.15) is 22.3 Å². The zero-order valence-corrected chi connectivity index (χ0v) is 24.3. The van der Waals surface area contributed by atoms with E-state index in [-0.39, 0.29) is 0 Å². The van der Waals surface area contributed by atoms with Crippen LogP contribution in [-0.4, -0.2) is 0 Å². The minimum Gasteiger partial charge on any atom is -0.356 e. The van der Waals surface area contributed by atoms with E-state index in [9.17, 15) is 0 Å². The molecule has 0 bridgehead atoms. The molecule has 208 valence electrons. The SMILES string of the molecule is c1ccc(Nc2ccc(C(c3cccc4ccccc34)(c3cccc4ccccc34)c3cccc4ccccc34)cc2)cc1. The largest absolute Gasteiger partial charge is 0.356 e. The Morgan fingerprint density at radius 3 is 1.11 bits per heavy atom. The number of fused-ring (bicyclic) bond motifs is 3. The number of hydrogen-bond donors (Lipinski definition) is 1. The third-order valence-electron chi connectivity index (χ3n) is 8.96. The Kier molecular flexibility index (Phi) is 6.43. The van der Waals surface area contributed by atoms with Crippen molar-refractivity contribution in [1.29, 1.82) is 0 Å². The Hall–Kier alpha value is -5.66. The summed E-state index contributed by atoms with van der Waals surface area (Å²) in [5.41, 5.74) is 6.55. The molecule has 0 aliphatic heterocycles. The molecular formula is C43H31N. The molecule has 0 aromatic heterocycles. The summed E-state index contributed by atoms with van der Waals surface area (Å²) in [6.45, 7) is 0. The van der Waals surface area contributed by atoms with Gasteiger partial charge < -0.3 is 5.32 Å². The second-order valence-corrected chi connectivity index (χ2v) is 11.4. The third kappa shape index (κ3) is 4.25. The first-order valence-electron chi connectivity index (χ1n) is 15.2. The molecule has 44 heavy (non-hydrogen) atoms. The second-order valence-electron chi connectivity index (χ2n) is 11.4. The van der Waals surface area contributed by atoms with E-state index in [1.54, 1.807) is 0 Å². The highest BCUT2D eigenvalue weighted by molar-refractivity contribution is 5.97. The zero-order chi connectivity index (χ0) is 29.3. The Labute approximate surface area is 258 Å². The van der Waals surface area contributed by atoms with Gasteiger partial charge in [-0.3, -0.25) is 0 Å². The smallest absolute Gasteiger partial charge is 0.0719 e. The molecule has 0 unspecified atom stereocenters. The minimum atomic E-state index is -0.617. The molecule has 0 saturated carbocycles. The van der Waals surface area contributed by atoms with Crippen molar-refractivity contribution in [1.82, 2.24) is 0 Å². The maximum absolute atomic E-state index is 3.59.